The Morgan fingerprint density at radius 1 is 1.00 bits per heavy atom. The number of nitrogens with zero attached hydrogens (tertiary/aromatic N) is 1. The van der Waals surface area contributed by atoms with Crippen molar-refractivity contribution < 1.29 is 17.9 Å². The molecule has 6 nitrogen and oxygen atoms in total. The molecule has 0 saturated carbocycles. The van der Waals surface area contributed by atoms with E-state index in [2.05, 4.69) is 10.3 Å². The Kier molecular flexibility index (Phi) is 5.52. The molecule has 1 N–H and O–H groups in total. The second kappa shape index (κ2) is 8.25. The van der Waals surface area contributed by atoms with Crippen LogP contribution < -0.4 is 10.1 Å². The van der Waals surface area contributed by atoms with Crippen LogP contribution in [-0.4, -0.2) is 32.2 Å². The quantitative estimate of drug-likeness (QED) is 0.483. The second-order valence-electron chi connectivity index (χ2n) is 6.52. The Bertz CT molecular complexity index is 1280. The van der Waals surface area contributed by atoms with Crippen molar-refractivity contribution in [2.75, 3.05) is 18.2 Å². The summed E-state index contributed by atoms with van der Waals surface area (Å²) in [6, 6.07) is 21.0. The highest BCUT2D eigenvalue weighted by atomic mass is 32.2. The van der Waals surface area contributed by atoms with Gasteiger partial charge in [0.05, 0.1) is 27.9 Å². The van der Waals surface area contributed by atoms with Gasteiger partial charge in [-0.2, -0.15) is 0 Å². The first-order valence-electron chi connectivity index (χ1n) is 9.08. The third kappa shape index (κ3) is 4.19. The molecule has 1 amide bonds. The topological polar surface area (TPSA) is 85.4 Å². The molecule has 3 aromatic carbocycles. The van der Waals surface area contributed by atoms with E-state index in [0.29, 0.717) is 11.4 Å². The largest absolute Gasteiger partial charge is 0.497 e. The molecule has 8 heteroatoms. The summed E-state index contributed by atoms with van der Waals surface area (Å²) in [7, 11) is -2.28. The molecule has 0 aliphatic heterocycles. The van der Waals surface area contributed by atoms with E-state index in [1.54, 1.807) is 24.3 Å². The third-order valence-electron chi connectivity index (χ3n) is 4.47. The van der Waals surface area contributed by atoms with E-state index in [0.717, 1.165) is 20.8 Å². The summed E-state index contributed by atoms with van der Waals surface area (Å²) in [6.45, 7) is 0. The fourth-order valence-electron chi connectivity index (χ4n) is 2.99. The summed E-state index contributed by atoms with van der Waals surface area (Å²) in [5.41, 5.74) is 2.14. The van der Waals surface area contributed by atoms with Crippen LogP contribution in [0.1, 0.15) is 0 Å². The Labute approximate surface area is 178 Å². The van der Waals surface area contributed by atoms with Gasteiger partial charge in [0.1, 0.15) is 16.5 Å². The Morgan fingerprint density at radius 3 is 2.43 bits per heavy atom. The molecule has 0 aliphatic carbocycles. The van der Waals surface area contributed by atoms with Crippen molar-refractivity contribution in [3.63, 3.8) is 0 Å². The molecule has 4 rings (SSSR count). The number of anilines is 1. The van der Waals surface area contributed by atoms with E-state index in [-0.39, 0.29) is 4.90 Å². The van der Waals surface area contributed by atoms with E-state index < -0.39 is 21.5 Å². The van der Waals surface area contributed by atoms with Crippen molar-refractivity contribution >= 4 is 43.0 Å². The summed E-state index contributed by atoms with van der Waals surface area (Å²) in [5, 5.41) is 3.48. The number of para-hydroxylation sites is 2. The number of amides is 1. The minimum Gasteiger partial charge on any atom is -0.497 e. The van der Waals surface area contributed by atoms with Crippen LogP contribution in [0.5, 0.6) is 5.75 Å². The standard InChI is InChI=1S/C22H18N2O4S2/c1-28-15-10-12-16(13-11-15)30(26,27)14-21(25)23-18-7-3-2-6-17(18)22-24-19-8-4-5-9-20(19)29-22/h2-13H,14H2,1H3,(H,23,25). The highest BCUT2D eigenvalue weighted by molar-refractivity contribution is 7.92. The maximum Gasteiger partial charge on any atom is 0.239 e. The molecule has 1 aromatic heterocycles. The van der Waals surface area contributed by atoms with Crippen molar-refractivity contribution in [3.05, 3.63) is 72.8 Å². The van der Waals surface area contributed by atoms with Gasteiger partial charge in [0.2, 0.25) is 5.91 Å². The zero-order chi connectivity index (χ0) is 21.1. The maximum atomic E-state index is 12.6. The van der Waals surface area contributed by atoms with Crippen molar-refractivity contribution in [1.29, 1.82) is 0 Å². The van der Waals surface area contributed by atoms with Crippen molar-refractivity contribution in [2.24, 2.45) is 0 Å². The number of carbonyl (C=O) groups is 1. The number of rotatable bonds is 6. The van der Waals surface area contributed by atoms with E-state index >= 15 is 0 Å². The number of thiazole rings is 1. The molecule has 0 spiro atoms. The van der Waals surface area contributed by atoms with Crippen molar-refractivity contribution in [3.8, 4) is 16.3 Å². The van der Waals surface area contributed by atoms with Gasteiger partial charge >= 0.3 is 0 Å². The number of carbonyl (C=O) groups excluding carboxylic acids is 1. The van der Waals surface area contributed by atoms with Crippen molar-refractivity contribution in [2.45, 2.75) is 4.90 Å². The number of methoxy groups -OCH3 is 1. The molecular formula is C22H18N2O4S2. The van der Waals surface area contributed by atoms with Crippen molar-refractivity contribution in [1.82, 2.24) is 4.98 Å². The van der Waals surface area contributed by atoms with E-state index in [4.69, 9.17) is 4.74 Å². The molecule has 1 heterocycles. The summed E-state index contributed by atoms with van der Waals surface area (Å²) in [6.07, 6.45) is 0. The fourth-order valence-corrected chi connectivity index (χ4v) is 5.13. The molecule has 0 saturated heterocycles. The lowest BCUT2D eigenvalue weighted by Gasteiger charge is -2.10. The van der Waals surface area contributed by atoms with Gasteiger partial charge in [-0.1, -0.05) is 24.3 Å². The Balaban J connectivity index is 1.56. The summed E-state index contributed by atoms with van der Waals surface area (Å²) >= 11 is 1.51. The van der Waals surface area contributed by atoms with Gasteiger partial charge < -0.3 is 10.1 Å². The zero-order valence-electron chi connectivity index (χ0n) is 16.0. The number of ether oxygens (including phenoxy) is 1. The Morgan fingerprint density at radius 2 is 1.70 bits per heavy atom. The molecule has 0 aliphatic rings. The van der Waals surface area contributed by atoms with Gasteiger partial charge in [0, 0.05) is 5.56 Å². The van der Waals surface area contributed by atoms with Gasteiger partial charge in [0.25, 0.3) is 0 Å². The Hall–Kier alpha value is -3.23. The first kappa shape index (κ1) is 20.1. The molecule has 4 aromatic rings. The highest BCUT2D eigenvalue weighted by Gasteiger charge is 2.21. The average molecular weight is 439 g/mol. The summed E-state index contributed by atoms with van der Waals surface area (Å²) in [5.74, 6) is -0.726. The molecule has 0 unspecified atom stereocenters. The second-order valence-corrected chi connectivity index (χ2v) is 9.54. The number of nitrogens with one attached hydrogen (secondary N) is 1. The highest BCUT2D eigenvalue weighted by Crippen LogP contribution is 2.34. The number of hydrogen-bond acceptors (Lipinski definition) is 6. The van der Waals surface area contributed by atoms with Crippen LogP contribution in [-0.2, 0) is 14.6 Å². The minimum atomic E-state index is -3.78. The monoisotopic (exact) mass is 438 g/mol. The van der Waals surface area contributed by atoms with Gasteiger partial charge in [0.15, 0.2) is 9.84 Å². The molecule has 30 heavy (non-hydrogen) atoms. The van der Waals surface area contributed by atoms with Crippen LogP contribution in [0.15, 0.2) is 77.7 Å². The van der Waals surface area contributed by atoms with Crippen LogP contribution >= 0.6 is 11.3 Å². The molecule has 152 valence electrons. The van der Waals surface area contributed by atoms with Crippen LogP contribution in [0.4, 0.5) is 5.69 Å². The predicted molar refractivity (Wildman–Crippen MR) is 119 cm³/mol. The molecule has 0 fully saturated rings. The first-order chi connectivity index (χ1) is 14.5. The summed E-state index contributed by atoms with van der Waals surface area (Å²) < 4.78 is 31.3. The lowest BCUT2D eigenvalue weighted by molar-refractivity contribution is -0.113. The van der Waals surface area contributed by atoms with Crippen LogP contribution in [0.25, 0.3) is 20.8 Å². The van der Waals surface area contributed by atoms with E-state index in [1.165, 1.54) is 30.6 Å². The minimum absolute atomic E-state index is 0.0675. The van der Waals surface area contributed by atoms with Crippen LogP contribution in [0.3, 0.4) is 0 Å². The maximum absolute atomic E-state index is 12.6. The van der Waals surface area contributed by atoms with Gasteiger partial charge in [-0.15, -0.1) is 11.3 Å². The average Bonchev–Trinajstić information content (AvgIpc) is 3.18. The number of aromatic nitrogens is 1. The van der Waals surface area contributed by atoms with Gasteiger partial charge in [-0.05, 0) is 48.5 Å². The van der Waals surface area contributed by atoms with Gasteiger partial charge in [-0.25, -0.2) is 13.4 Å². The number of hydrogen-bond donors (Lipinski definition) is 1. The number of fused-ring (bicyclic) bond motifs is 1. The van der Waals surface area contributed by atoms with E-state index in [9.17, 15) is 13.2 Å². The molecule has 0 bridgehead atoms. The van der Waals surface area contributed by atoms with Gasteiger partial charge in [-0.3, -0.25) is 4.79 Å². The molecular weight excluding hydrogens is 420 g/mol. The fraction of sp³-hybridized carbons (Fsp3) is 0.0909. The lowest BCUT2D eigenvalue weighted by Crippen LogP contribution is -2.23. The number of sulfone groups is 1. The normalized spacial score (nSPS) is 11.4. The first-order valence-corrected chi connectivity index (χ1v) is 11.5. The van der Waals surface area contributed by atoms with Crippen LogP contribution in [0.2, 0.25) is 0 Å². The number of benzene rings is 3. The third-order valence-corrected chi connectivity index (χ3v) is 7.17. The smallest absolute Gasteiger partial charge is 0.239 e. The van der Waals surface area contributed by atoms with Crippen LogP contribution in [0, 0.1) is 0 Å². The lowest BCUT2D eigenvalue weighted by atomic mass is 10.2. The molecule has 0 radical (unpaired) electrons. The zero-order valence-corrected chi connectivity index (χ0v) is 17.7. The van der Waals surface area contributed by atoms with E-state index in [1.807, 2.05) is 36.4 Å². The predicted octanol–water partition coefficient (Wildman–Crippen LogP) is 4.38. The molecule has 0 atom stereocenters. The SMILES string of the molecule is COc1ccc(S(=O)(=O)CC(=O)Nc2ccccc2-c2nc3ccccc3s2)cc1. The summed E-state index contributed by atoms with van der Waals surface area (Å²) in [4.78, 5) is 17.2.